The fourth-order valence-corrected chi connectivity index (χ4v) is 5.14. The Morgan fingerprint density at radius 2 is 1.95 bits per heavy atom. The number of fused-ring (bicyclic) bond motifs is 1. The van der Waals surface area contributed by atoms with Crippen molar-refractivity contribution in [2.24, 2.45) is 5.92 Å². The Labute approximate surface area is 214 Å². The third-order valence-electron chi connectivity index (χ3n) is 7.37. The van der Waals surface area contributed by atoms with Crippen LogP contribution in [0.2, 0.25) is 0 Å². The van der Waals surface area contributed by atoms with Crippen molar-refractivity contribution in [3.8, 4) is 29.4 Å². The monoisotopic (exact) mass is 493 g/mol. The van der Waals surface area contributed by atoms with Gasteiger partial charge in [0.2, 0.25) is 5.88 Å². The third kappa shape index (κ3) is 4.47. The molecule has 1 aliphatic heterocycles. The van der Waals surface area contributed by atoms with Gasteiger partial charge in [-0.15, -0.1) is 5.10 Å². The van der Waals surface area contributed by atoms with E-state index in [0.717, 1.165) is 55.0 Å². The molecule has 1 aliphatic carbocycles. The number of hydrogen-bond acceptors (Lipinski definition) is 8. The SMILES string of the molecule is Cc1c(-c2cc(OC(CC3CC3)c3ccccn3)n3c(C#N)cnc3c2)nnn1C1CCN(C#N)CC1. The van der Waals surface area contributed by atoms with Crippen molar-refractivity contribution < 1.29 is 4.74 Å². The topological polar surface area (TPSA) is 121 Å². The maximum Gasteiger partial charge on any atom is 0.201 e. The second-order valence-electron chi connectivity index (χ2n) is 9.86. The zero-order valence-corrected chi connectivity index (χ0v) is 20.7. The highest BCUT2D eigenvalue weighted by Crippen LogP contribution is 2.40. The van der Waals surface area contributed by atoms with Crippen molar-refractivity contribution in [2.75, 3.05) is 13.1 Å². The molecule has 2 aliphatic rings. The van der Waals surface area contributed by atoms with Crippen LogP contribution in [0.5, 0.6) is 5.88 Å². The molecule has 0 aromatic carbocycles. The summed E-state index contributed by atoms with van der Waals surface area (Å²) in [5.41, 5.74) is 4.45. The largest absolute Gasteiger partial charge is 0.469 e. The molecule has 4 aromatic heterocycles. The molecule has 0 bridgehead atoms. The summed E-state index contributed by atoms with van der Waals surface area (Å²) in [5, 5.41) is 27.9. The van der Waals surface area contributed by atoms with E-state index in [0.29, 0.717) is 23.1 Å². The van der Waals surface area contributed by atoms with E-state index in [1.54, 1.807) is 21.7 Å². The number of ether oxygens (including phenoxy) is 1. The minimum atomic E-state index is -0.233. The average Bonchev–Trinajstić information content (AvgIpc) is 3.53. The van der Waals surface area contributed by atoms with Crippen LogP contribution in [-0.2, 0) is 0 Å². The molecule has 0 N–H and O–H groups in total. The Morgan fingerprint density at radius 3 is 2.65 bits per heavy atom. The van der Waals surface area contributed by atoms with Crippen LogP contribution >= 0.6 is 0 Å². The number of piperidine rings is 1. The van der Waals surface area contributed by atoms with Gasteiger partial charge in [0.15, 0.2) is 6.19 Å². The minimum Gasteiger partial charge on any atom is -0.469 e. The van der Waals surface area contributed by atoms with Gasteiger partial charge in [0.25, 0.3) is 0 Å². The molecule has 6 rings (SSSR count). The first-order valence-corrected chi connectivity index (χ1v) is 12.7. The van der Waals surface area contributed by atoms with Crippen LogP contribution in [0, 0.1) is 35.6 Å². The zero-order valence-electron chi connectivity index (χ0n) is 20.7. The highest BCUT2D eigenvalue weighted by molar-refractivity contribution is 5.68. The summed E-state index contributed by atoms with van der Waals surface area (Å²) in [6, 6.07) is 12.1. The molecule has 0 radical (unpaired) electrons. The molecule has 1 unspecified atom stereocenters. The molecule has 10 nitrogen and oxygen atoms in total. The highest BCUT2D eigenvalue weighted by Gasteiger charge is 2.30. The first kappa shape index (κ1) is 23.0. The van der Waals surface area contributed by atoms with Crippen LogP contribution in [0.3, 0.4) is 0 Å². The Hall–Kier alpha value is -4.44. The molecule has 2 fully saturated rings. The number of pyridine rings is 2. The zero-order chi connectivity index (χ0) is 25.4. The lowest BCUT2D eigenvalue weighted by atomic mass is 10.0. The van der Waals surface area contributed by atoms with Gasteiger partial charge in [-0.3, -0.25) is 9.38 Å². The summed E-state index contributed by atoms with van der Waals surface area (Å²) in [5.74, 6) is 1.16. The summed E-state index contributed by atoms with van der Waals surface area (Å²) >= 11 is 0. The summed E-state index contributed by atoms with van der Waals surface area (Å²) in [7, 11) is 0. The van der Waals surface area contributed by atoms with Crippen LogP contribution < -0.4 is 4.74 Å². The average molecular weight is 494 g/mol. The fraction of sp³-hybridized carbons (Fsp3) is 0.407. The van der Waals surface area contributed by atoms with Gasteiger partial charge in [0.05, 0.1) is 23.6 Å². The number of rotatable bonds is 7. The lowest BCUT2D eigenvalue weighted by molar-refractivity contribution is 0.173. The van der Waals surface area contributed by atoms with Gasteiger partial charge >= 0.3 is 0 Å². The van der Waals surface area contributed by atoms with E-state index in [1.165, 1.54) is 12.8 Å². The van der Waals surface area contributed by atoms with Crippen LogP contribution in [0.15, 0.2) is 42.7 Å². The van der Waals surface area contributed by atoms with E-state index >= 15 is 0 Å². The second-order valence-corrected chi connectivity index (χ2v) is 9.86. The van der Waals surface area contributed by atoms with Crippen LogP contribution in [0.4, 0.5) is 0 Å². The standard InChI is InChI=1S/C27H27N9O/c1-18-27(32-33-36(18)21-7-10-34(17-29)11-8-21)20-13-25-31-16-22(15-28)35(25)26(14-20)37-24(12-19-5-6-19)23-4-2-3-9-30-23/h2-4,9,13-14,16,19,21,24H,5-8,10-12H2,1H3. The summed E-state index contributed by atoms with van der Waals surface area (Å²) in [4.78, 5) is 10.8. The number of hydrogen-bond donors (Lipinski definition) is 0. The van der Waals surface area contributed by atoms with E-state index in [9.17, 15) is 10.5 Å². The maximum atomic E-state index is 9.74. The molecule has 1 saturated heterocycles. The van der Waals surface area contributed by atoms with Crippen molar-refractivity contribution in [1.29, 1.82) is 10.5 Å². The minimum absolute atomic E-state index is 0.203. The molecule has 0 spiro atoms. The number of likely N-dealkylation sites (tertiary alicyclic amines) is 1. The van der Waals surface area contributed by atoms with E-state index in [2.05, 4.69) is 32.5 Å². The Bertz CT molecular complexity index is 1500. The smallest absolute Gasteiger partial charge is 0.201 e. The lowest BCUT2D eigenvalue weighted by Gasteiger charge is -2.28. The Morgan fingerprint density at radius 1 is 1.11 bits per heavy atom. The third-order valence-corrected chi connectivity index (χ3v) is 7.37. The van der Waals surface area contributed by atoms with E-state index in [-0.39, 0.29) is 12.1 Å². The quantitative estimate of drug-likeness (QED) is 0.351. The molecular formula is C27H27N9O. The van der Waals surface area contributed by atoms with Gasteiger partial charge in [-0.25, -0.2) is 9.67 Å². The molecular weight excluding hydrogens is 466 g/mol. The van der Waals surface area contributed by atoms with Gasteiger partial charge in [0.1, 0.15) is 29.2 Å². The van der Waals surface area contributed by atoms with Gasteiger partial charge in [-0.2, -0.15) is 10.5 Å². The predicted molar refractivity (Wildman–Crippen MR) is 134 cm³/mol. The van der Waals surface area contributed by atoms with Gasteiger partial charge < -0.3 is 9.64 Å². The Kier molecular flexibility index (Phi) is 5.93. The second kappa shape index (κ2) is 9.55. The van der Waals surface area contributed by atoms with Crippen LogP contribution in [0.1, 0.15) is 61.3 Å². The number of nitriles is 2. The molecule has 37 heavy (non-hydrogen) atoms. The summed E-state index contributed by atoms with van der Waals surface area (Å²) in [6.45, 7) is 3.47. The molecule has 1 saturated carbocycles. The highest BCUT2D eigenvalue weighted by atomic mass is 16.5. The van der Waals surface area contributed by atoms with Crippen LogP contribution in [0.25, 0.3) is 16.9 Å². The van der Waals surface area contributed by atoms with Crippen molar-refractivity contribution in [1.82, 2.24) is 34.3 Å². The maximum absolute atomic E-state index is 9.74. The number of imidazole rings is 1. The van der Waals surface area contributed by atoms with E-state index in [4.69, 9.17) is 4.74 Å². The van der Waals surface area contributed by atoms with Crippen molar-refractivity contribution in [3.63, 3.8) is 0 Å². The molecule has 0 amide bonds. The van der Waals surface area contributed by atoms with Gasteiger partial charge in [-0.1, -0.05) is 24.1 Å². The Balaban J connectivity index is 1.38. The van der Waals surface area contributed by atoms with E-state index in [1.807, 2.05) is 41.9 Å². The van der Waals surface area contributed by atoms with Crippen molar-refractivity contribution >= 4 is 5.65 Å². The first-order valence-electron chi connectivity index (χ1n) is 12.7. The number of aromatic nitrogens is 6. The lowest BCUT2D eigenvalue weighted by Crippen LogP contribution is -2.31. The van der Waals surface area contributed by atoms with Crippen LogP contribution in [-0.4, -0.2) is 47.4 Å². The fourth-order valence-electron chi connectivity index (χ4n) is 5.14. The summed E-state index contributed by atoms with van der Waals surface area (Å²) in [6.07, 6.45) is 10.3. The first-order chi connectivity index (χ1) is 18.1. The van der Waals surface area contributed by atoms with Crippen molar-refractivity contribution in [3.05, 3.63) is 59.8 Å². The molecule has 10 heteroatoms. The summed E-state index contributed by atoms with van der Waals surface area (Å²) < 4.78 is 10.4. The molecule has 1 atom stereocenters. The van der Waals surface area contributed by atoms with E-state index < -0.39 is 0 Å². The molecule has 4 aromatic rings. The van der Waals surface area contributed by atoms with Gasteiger partial charge in [-0.05, 0) is 50.3 Å². The normalized spacial score (nSPS) is 16.9. The molecule has 5 heterocycles. The van der Waals surface area contributed by atoms with Crippen molar-refractivity contribution in [2.45, 2.75) is 51.2 Å². The van der Waals surface area contributed by atoms with Gasteiger partial charge in [0, 0.05) is 30.9 Å². The predicted octanol–water partition coefficient (Wildman–Crippen LogP) is 4.21. The molecule has 186 valence electrons. The number of nitrogens with zero attached hydrogens (tertiary/aromatic N) is 9.